The Bertz CT molecular complexity index is 517. The van der Waals surface area contributed by atoms with E-state index < -0.39 is 12.1 Å². The van der Waals surface area contributed by atoms with E-state index in [-0.39, 0.29) is 28.2 Å². The number of carboxylic acids is 1. The van der Waals surface area contributed by atoms with Crippen molar-refractivity contribution in [2.45, 2.75) is 44.3 Å². The van der Waals surface area contributed by atoms with Crippen molar-refractivity contribution in [1.29, 1.82) is 0 Å². The quantitative estimate of drug-likeness (QED) is 0.835. The predicted molar refractivity (Wildman–Crippen MR) is 78.5 cm³/mol. The minimum absolute atomic E-state index is 0.0330. The molecule has 5 nitrogen and oxygen atoms in total. The second kappa shape index (κ2) is 7.00. The molecule has 2 atom stereocenters. The Labute approximate surface area is 128 Å². The fourth-order valence-corrected chi connectivity index (χ4v) is 2.76. The van der Waals surface area contributed by atoms with Crippen molar-refractivity contribution in [2.24, 2.45) is 0 Å². The molecular weight excluding hydrogens is 296 g/mol. The summed E-state index contributed by atoms with van der Waals surface area (Å²) in [5.41, 5.74) is 0.0330. The van der Waals surface area contributed by atoms with Crippen molar-refractivity contribution in [3.8, 4) is 11.5 Å². The molecule has 1 aliphatic rings. The molecule has 1 saturated carbocycles. The van der Waals surface area contributed by atoms with Crippen molar-refractivity contribution >= 4 is 17.6 Å². The summed E-state index contributed by atoms with van der Waals surface area (Å²) in [6, 6.07) is 2.69. The van der Waals surface area contributed by atoms with E-state index >= 15 is 0 Å². The van der Waals surface area contributed by atoms with Crippen LogP contribution in [0.3, 0.4) is 0 Å². The molecule has 0 saturated heterocycles. The Kier molecular flexibility index (Phi) is 5.31. The van der Waals surface area contributed by atoms with Gasteiger partial charge >= 0.3 is 5.97 Å². The maximum absolute atomic E-state index is 11.0. The van der Waals surface area contributed by atoms with Crippen LogP contribution in [0.2, 0.25) is 5.02 Å². The molecule has 0 amide bonds. The number of aliphatic hydroxyl groups excluding tert-OH is 1. The van der Waals surface area contributed by atoms with Crippen molar-refractivity contribution in [3.05, 3.63) is 22.7 Å². The maximum atomic E-state index is 11.0. The highest BCUT2D eigenvalue weighted by Crippen LogP contribution is 2.38. The summed E-state index contributed by atoms with van der Waals surface area (Å²) < 4.78 is 11.0. The first-order chi connectivity index (χ1) is 10.0. The molecule has 1 fully saturated rings. The lowest BCUT2D eigenvalue weighted by Crippen LogP contribution is -2.30. The third kappa shape index (κ3) is 3.80. The summed E-state index contributed by atoms with van der Waals surface area (Å²) in [5, 5.41) is 19.3. The van der Waals surface area contributed by atoms with Gasteiger partial charge in [-0.2, -0.15) is 0 Å². The normalized spacial score (nSPS) is 22.4. The standard InChI is InChI=1S/C15H19ClO5/c1-20-13-8-9(15(18)19)7-10(16)14(13)21-12-6-4-2-3-5-11(12)17/h7-8,11-12,17H,2-6H2,1H3,(H,18,19). The largest absolute Gasteiger partial charge is 0.493 e. The molecule has 1 aromatic rings. The minimum Gasteiger partial charge on any atom is -0.493 e. The number of hydrogen-bond acceptors (Lipinski definition) is 4. The van der Waals surface area contributed by atoms with Gasteiger partial charge in [0.1, 0.15) is 6.10 Å². The van der Waals surface area contributed by atoms with Gasteiger partial charge in [0, 0.05) is 0 Å². The fourth-order valence-electron chi connectivity index (χ4n) is 2.50. The third-order valence-corrected chi connectivity index (χ3v) is 3.94. The third-order valence-electron chi connectivity index (χ3n) is 3.66. The molecule has 21 heavy (non-hydrogen) atoms. The Hall–Kier alpha value is -1.46. The van der Waals surface area contributed by atoms with E-state index in [1.807, 2.05) is 0 Å². The molecule has 116 valence electrons. The van der Waals surface area contributed by atoms with Crippen LogP contribution in [-0.4, -0.2) is 35.5 Å². The molecule has 0 aromatic heterocycles. The number of ether oxygens (including phenoxy) is 2. The van der Waals surface area contributed by atoms with Crippen LogP contribution in [0.25, 0.3) is 0 Å². The van der Waals surface area contributed by atoms with E-state index in [1.54, 1.807) is 0 Å². The molecule has 2 rings (SSSR count). The van der Waals surface area contributed by atoms with Crippen LogP contribution in [0, 0.1) is 0 Å². The molecule has 0 heterocycles. The summed E-state index contributed by atoms with van der Waals surface area (Å²) in [4.78, 5) is 11.0. The molecule has 1 aromatic carbocycles. The van der Waals surface area contributed by atoms with Crippen molar-refractivity contribution in [1.82, 2.24) is 0 Å². The first kappa shape index (κ1) is 15.9. The Morgan fingerprint density at radius 1 is 1.29 bits per heavy atom. The zero-order chi connectivity index (χ0) is 15.4. The topological polar surface area (TPSA) is 76.0 Å². The van der Waals surface area contributed by atoms with Crippen LogP contribution < -0.4 is 9.47 Å². The van der Waals surface area contributed by atoms with E-state index in [0.29, 0.717) is 6.42 Å². The lowest BCUT2D eigenvalue weighted by molar-refractivity contribution is 0.0305. The van der Waals surface area contributed by atoms with E-state index in [4.69, 9.17) is 26.2 Å². The summed E-state index contributed by atoms with van der Waals surface area (Å²) >= 11 is 6.12. The maximum Gasteiger partial charge on any atom is 0.335 e. The molecule has 0 bridgehead atoms. The summed E-state index contributed by atoms with van der Waals surface area (Å²) in [5.74, 6) is -0.539. The van der Waals surface area contributed by atoms with Gasteiger partial charge in [0.25, 0.3) is 0 Å². The van der Waals surface area contributed by atoms with Gasteiger partial charge in [0.05, 0.1) is 23.8 Å². The summed E-state index contributed by atoms with van der Waals surface area (Å²) in [7, 11) is 1.42. The zero-order valence-electron chi connectivity index (χ0n) is 11.8. The van der Waals surface area contributed by atoms with Crippen LogP contribution in [-0.2, 0) is 0 Å². The molecule has 6 heteroatoms. The van der Waals surface area contributed by atoms with Gasteiger partial charge in [-0.25, -0.2) is 4.79 Å². The molecule has 0 radical (unpaired) electrons. The lowest BCUT2D eigenvalue weighted by atomic mass is 10.1. The van der Waals surface area contributed by atoms with Crippen LogP contribution in [0.1, 0.15) is 42.5 Å². The Morgan fingerprint density at radius 3 is 2.67 bits per heavy atom. The number of aliphatic hydroxyl groups is 1. The van der Waals surface area contributed by atoms with Gasteiger partial charge in [0.2, 0.25) is 0 Å². The molecule has 2 N–H and O–H groups in total. The average Bonchev–Trinajstić information content (AvgIpc) is 2.65. The first-order valence-corrected chi connectivity index (χ1v) is 7.36. The zero-order valence-corrected chi connectivity index (χ0v) is 12.6. The van der Waals surface area contributed by atoms with Crippen molar-refractivity contribution < 1.29 is 24.5 Å². The van der Waals surface area contributed by atoms with E-state index in [0.717, 1.165) is 25.7 Å². The Balaban J connectivity index is 2.28. The lowest BCUT2D eigenvalue weighted by Gasteiger charge is -2.24. The van der Waals surface area contributed by atoms with Gasteiger partial charge in [-0.1, -0.05) is 24.4 Å². The van der Waals surface area contributed by atoms with Gasteiger partial charge < -0.3 is 19.7 Å². The number of methoxy groups -OCH3 is 1. The molecule has 1 aliphatic carbocycles. The number of aromatic carboxylic acids is 1. The number of rotatable bonds is 4. The van der Waals surface area contributed by atoms with Gasteiger partial charge in [-0.05, 0) is 31.4 Å². The van der Waals surface area contributed by atoms with E-state index in [9.17, 15) is 9.90 Å². The first-order valence-electron chi connectivity index (χ1n) is 6.98. The second-order valence-corrected chi connectivity index (χ2v) is 5.56. The fraction of sp³-hybridized carbons (Fsp3) is 0.533. The van der Waals surface area contributed by atoms with Crippen LogP contribution in [0.4, 0.5) is 0 Å². The highest BCUT2D eigenvalue weighted by molar-refractivity contribution is 6.32. The average molecular weight is 315 g/mol. The van der Waals surface area contributed by atoms with Crippen LogP contribution in [0.5, 0.6) is 11.5 Å². The number of benzene rings is 1. The number of carboxylic acid groups (broad SMARTS) is 1. The highest BCUT2D eigenvalue weighted by atomic mass is 35.5. The van der Waals surface area contributed by atoms with Gasteiger partial charge in [-0.3, -0.25) is 0 Å². The summed E-state index contributed by atoms with van der Waals surface area (Å²) in [6.45, 7) is 0. The number of halogens is 1. The minimum atomic E-state index is -1.09. The molecule has 0 aliphatic heterocycles. The predicted octanol–water partition coefficient (Wildman–Crippen LogP) is 3.12. The van der Waals surface area contributed by atoms with Gasteiger partial charge in [0.15, 0.2) is 11.5 Å². The molecule has 2 unspecified atom stereocenters. The van der Waals surface area contributed by atoms with Crippen molar-refractivity contribution in [2.75, 3.05) is 7.11 Å². The SMILES string of the molecule is COc1cc(C(=O)O)cc(Cl)c1OC1CCCCCC1O. The monoisotopic (exact) mass is 314 g/mol. The van der Waals surface area contributed by atoms with Crippen LogP contribution >= 0.6 is 11.6 Å². The highest BCUT2D eigenvalue weighted by Gasteiger charge is 2.26. The molecular formula is C15H19ClO5. The second-order valence-electron chi connectivity index (χ2n) is 5.16. The van der Waals surface area contributed by atoms with Crippen molar-refractivity contribution in [3.63, 3.8) is 0 Å². The number of carbonyl (C=O) groups is 1. The van der Waals surface area contributed by atoms with Crippen LogP contribution in [0.15, 0.2) is 12.1 Å². The smallest absolute Gasteiger partial charge is 0.335 e. The summed E-state index contributed by atoms with van der Waals surface area (Å²) in [6.07, 6.45) is 3.56. The van der Waals surface area contributed by atoms with E-state index in [1.165, 1.54) is 19.2 Å². The molecule has 0 spiro atoms. The van der Waals surface area contributed by atoms with Gasteiger partial charge in [-0.15, -0.1) is 0 Å². The number of hydrogen-bond donors (Lipinski definition) is 2. The van der Waals surface area contributed by atoms with E-state index in [2.05, 4.69) is 0 Å². The Morgan fingerprint density at radius 2 is 2.00 bits per heavy atom.